The molecule has 0 aromatic heterocycles. The van der Waals surface area contributed by atoms with Gasteiger partial charge in [0.05, 0.1) is 13.2 Å². The van der Waals surface area contributed by atoms with E-state index in [-0.39, 0.29) is 0 Å². The van der Waals surface area contributed by atoms with E-state index in [4.69, 9.17) is 4.74 Å². The second kappa shape index (κ2) is 5.02. The SMILES string of the molecule is CCc1ccc(C2(C3CCCNC3)COC2)cc1. The molecule has 18 heavy (non-hydrogen) atoms. The zero-order valence-corrected chi connectivity index (χ0v) is 11.2. The van der Waals surface area contributed by atoms with Crippen LogP contribution in [0.4, 0.5) is 0 Å². The molecule has 0 radical (unpaired) electrons. The summed E-state index contributed by atoms with van der Waals surface area (Å²) in [6.07, 6.45) is 3.76. The summed E-state index contributed by atoms with van der Waals surface area (Å²) in [6.45, 7) is 6.36. The van der Waals surface area contributed by atoms with E-state index in [0.29, 0.717) is 5.41 Å². The Labute approximate surface area is 110 Å². The Morgan fingerprint density at radius 1 is 1.28 bits per heavy atom. The fourth-order valence-electron chi connectivity index (χ4n) is 3.36. The van der Waals surface area contributed by atoms with Gasteiger partial charge in [0.2, 0.25) is 0 Å². The fraction of sp³-hybridized carbons (Fsp3) is 0.625. The molecule has 2 fully saturated rings. The number of ether oxygens (including phenoxy) is 1. The molecule has 2 aliphatic rings. The monoisotopic (exact) mass is 245 g/mol. The smallest absolute Gasteiger partial charge is 0.0588 e. The molecule has 0 spiro atoms. The van der Waals surface area contributed by atoms with Crippen molar-refractivity contribution in [2.24, 2.45) is 5.92 Å². The Balaban J connectivity index is 1.85. The molecule has 1 atom stereocenters. The molecular formula is C16H23NO. The highest BCUT2D eigenvalue weighted by molar-refractivity contribution is 5.32. The molecule has 1 unspecified atom stereocenters. The van der Waals surface area contributed by atoms with Crippen LogP contribution in [-0.4, -0.2) is 26.3 Å². The zero-order chi connectivity index (χ0) is 12.4. The molecule has 2 heteroatoms. The maximum atomic E-state index is 5.57. The third-order valence-electron chi connectivity index (χ3n) is 4.73. The van der Waals surface area contributed by atoms with Gasteiger partial charge in [-0.2, -0.15) is 0 Å². The van der Waals surface area contributed by atoms with Gasteiger partial charge in [-0.05, 0) is 49.4 Å². The molecule has 1 N–H and O–H groups in total. The summed E-state index contributed by atoms with van der Waals surface area (Å²) in [5, 5.41) is 3.55. The number of rotatable bonds is 3. The molecule has 3 rings (SSSR count). The molecule has 2 heterocycles. The van der Waals surface area contributed by atoms with Crippen LogP contribution in [0, 0.1) is 5.92 Å². The molecule has 1 aromatic carbocycles. The van der Waals surface area contributed by atoms with Crippen LogP contribution in [0.1, 0.15) is 30.9 Å². The highest BCUT2D eigenvalue weighted by Crippen LogP contribution is 2.42. The van der Waals surface area contributed by atoms with Gasteiger partial charge in [0.25, 0.3) is 0 Å². The normalized spacial score (nSPS) is 26.6. The van der Waals surface area contributed by atoms with Crippen LogP contribution in [-0.2, 0) is 16.6 Å². The minimum atomic E-state index is 0.291. The average Bonchev–Trinajstić information content (AvgIpc) is 2.40. The van der Waals surface area contributed by atoms with E-state index in [1.807, 2.05) is 0 Å². The lowest BCUT2D eigenvalue weighted by molar-refractivity contribution is -0.0947. The summed E-state index contributed by atoms with van der Waals surface area (Å²) in [6, 6.07) is 9.23. The molecule has 1 aromatic rings. The average molecular weight is 245 g/mol. The Kier molecular flexibility index (Phi) is 3.40. The number of hydrogen-bond acceptors (Lipinski definition) is 2. The molecule has 0 amide bonds. The van der Waals surface area contributed by atoms with Gasteiger partial charge in [0, 0.05) is 5.41 Å². The first-order valence-electron chi connectivity index (χ1n) is 7.23. The maximum Gasteiger partial charge on any atom is 0.0588 e. The maximum absolute atomic E-state index is 5.57. The van der Waals surface area contributed by atoms with Crippen LogP contribution in [0.2, 0.25) is 0 Å². The summed E-state index contributed by atoms with van der Waals surface area (Å²) in [4.78, 5) is 0. The van der Waals surface area contributed by atoms with E-state index in [1.54, 1.807) is 0 Å². The lowest BCUT2D eigenvalue weighted by atomic mass is 9.66. The molecule has 98 valence electrons. The van der Waals surface area contributed by atoms with Crippen molar-refractivity contribution in [1.29, 1.82) is 0 Å². The highest BCUT2D eigenvalue weighted by atomic mass is 16.5. The van der Waals surface area contributed by atoms with Crippen LogP contribution in [0.3, 0.4) is 0 Å². The van der Waals surface area contributed by atoms with Crippen molar-refractivity contribution in [2.75, 3.05) is 26.3 Å². The van der Waals surface area contributed by atoms with E-state index in [9.17, 15) is 0 Å². The standard InChI is InChI=1S/C16H23NO/c1-2-13-5-7-14(8-6-13)16(11-18-12-16)15-4-3-9-17-10-15/h5-8,15,17H,2-4,9-12H2,1H3. The lowest BCUT2D eigenvalue weighted by Crippen LogP contribution is -2.56. The minimum absolute atomic E-state index is 0.291. The third-order valence-corrected chi connectivity index (χ3v) is 4.73. The van der Waals surface area contributed by atoms with Crippen molar-refractivity contribution < 1.29 is 4.74 Å². The van der Waals surface area contributed by atoms with Crippen molar-refractivity contribution in [1.82, 2.24) is 5.32 Å². The molecule has 0 saturated carbocycles. The Bertz CT molecular complexity index is 388. The number of nitrogens with one attached hydrogen (secondary N) is 1. The molecule has 2 saturated heterocycles. The Hall–Kier alpha value is -0.860. The molecule has 0 aliphatic carbocycles. The highest BCUT2D eigenvalue weighted by Gasteiger charge is 2.46. The Morgan fingerprint density at radius 2 is 2.06 bits per heavy atom. The quantitative estimate of drug-likeness (QED) is 0.883. The van der Waals surface area contributed by atoms with E-state index in [1.165, 1.54) is 30.5 Å². The molecule has 2 aliphatic heterocycles. The first-order valence-corrected chi connectivity index (χ1v) is 7.23. The van der Waals surface area contributed by atoms with Crippen LogP contribution < -0.4 is 5.32 Å². The van der Waals surface area contributed by atoms with Crippen LogP contribution in [0.5, 0.6) is 0 Å². The number of benzene rings is 1. The van der Waals surface area contributed by atoms with Gasteiger partial charge in [-0.1, -0.05) is 31.2 Å². The first-order chi connectivity index (χ1) is 8.85. The van der Waals surface area contributed by atoms with Gasteiger partial charge in [0.15, 0.2) is 0 Å². The third kappa shape index (κ3) is 1.98. The predicted molar refractivity (Wildman–Crippen MR) is 73.9 cm³/mol. The van der Waals surface area contributed by atoms with Gasteiger partial charge in [-0.25, -0.2) is 0 Å². The van der Waals surface area contributed by atoms with Crippen molar-refractivity contribution in [3.8, 4) is 0 Å². The lowest BCUT2D eigenvalue weighted by Gasteiger charge is -2.49. The van der Waals surface area contributed by atoms with Crippen LogP contribution in [0.25, 0.3) is 0 Å². The number of hydrogen-bond donors (Lipinski definition) is 1. The predicted octanol–water partition coefficient (Wildman–Crippen LogP) is 2.52. The van der Waals surface area contributed by atoms with Crippen molar-refractivity contribution >= 4 is 0 Å². The second-order valence-electron chi connectivity index (χ2n) is 5.74. The van der Waals surface area contributed by atoms with Gasteiger partial charge < -0.3 is 10.1 Å². The van der Waals surface area contributed by atoms with Gasteiger partial charge in [0.1, 0.15) is 0 Å². The van der Waals surface area contributed by atoms with Crippen LogP contribution in [0.15, 0.2) is 24.3 Å². The summed E-state index contributed by atoms with van der Waals surface area (Å²) in [7, 11) is 0. The van der Waals surface area contributed by atoms with Crippen molar-refractivity contribution in [2.45, 2.75) is 31.6 Å². The van der Waals surface area contributed by atoms with Crippen molar-refractivity contribution in [3.05, 3.63) is 35.4 Å². The fourth-order valence-corrected chi connectivity index (χ4v) is 3.36. The summed E-state index contributed by atoms with van der Waals surface area (Å²) >= 11 is 0. The molecular weight excluding hydrogens is 222 g/mol. The molecule has 0 bridgehead atoms. The van der Waals surface area contributed by atoms with E-state index < -0.39 is 0 Å². The van der Waals surface area contributed by atoms with Gasteiger partial charge in [-0.15, -0.1) is 0 Å². The van der Waals surface area contributed by atoms with Gasteiger partial charge >= 0.3 is 0 Å². The topological polar surface area (TPSA) is 21.3 Å². The van der Waals surface area contributed by atoms with Gasteiger partial charge in [-0.3, -0.25) is 0 Å². The molecule has 2 nitrogen and oxygen atoms in total. The second-order valence-corrected chi connectivity index (χ2v) is 5.74. The zero-order valence-electron chi connectivity index (χ0n) is 11.2. The van der Waals surface area contributed by atoms with E-state index >= 15 is 0 Å². The summed E-state index contributed by atoms with van der Waals surface area (Å²) < 4.78 is 5.57. The minimum Gasteiger partial charge on any atom is -0.379 e. The van der Waals surface area contributed by atoms with E-state index in [0.717, 1.165) is 32.1 Å². The van der Waals surface area contributed by atoms with Crippen LogP contribution >= 0.6 is 0 Å². The van der Waals surface area contributed by atoms with E-state index in [2.05, 4.69) is 36.5 Å². The Morgan fingerprint density at radius 3 is 2.56 bits per heavy atom. The number of aryl methyl sites for hydroxylation is 1. The van der Waals surface area contributed by atoms with Crippen molar-refractivity contribution in [3.63, 3.8) is 0 Å². The number of piperidine rings is 1. The first kappa shape index (κ1) is 12.2. The summed E-state index contributed by atoms with van der Waals surface area (Å²) in [5.41, 5.74) is 3.20. The summed E-state index contributed by atoms with van der Waals surface area (Å²) in [5.74, 6) is 0.743. The largest absolute Gasteiger partial charge is 0.379 e.